The summed E-state index contributed by atoms with van der Waals surface area (Å²) in [6.07, 6.45) is 0. The Morgan fingerprint density at radius 1 is 0.885 bits per heavy atom. The summed E-state index contributed by atoms with van der Waals surface area (Å²) < 4.78 is 0. The van der Waals surface area contributed by atoms with Crippen molar-refractivity contribution in [3.8, 4) is 11.1 Å². The number of nitrogens with two attached hydrogens (primary N) is 1. The third-order valence-electron chi connectivity index (χ3n) is 4.34. The fourth-order valence-electron chi connectivity index (χ4n) is 2.81. The average Bonchev–Trinajstić information content (AvgIpc) is 2.64. The SMILES string of the molecule is C/C(=N\OCc1ccc(N)cc1)c1ccc(C)cc1-c1ccc(C)cc1. The molecule has 2 N–H and O–H groups in total. The number of anilines is 1. The van der Waals surface area contributed by atoms with Gasteiger partial charge < -0.3 is 10.6 Å². The Labute approximate surface area is 155 Å². The summed E-state index contributed by atoms with van der Waals surface area (Å²) in [7, 11) is 0. The van der Waals surface area contributed by atoms with Crippen molar-refractivity contribution in [1.82, 2.24) is 0 Å². The number of nitrogens with zero attached hydrogens (tertiary/aromatic N) is 1. The number of rotatable bonds is 5. The fraction of sp³-hybridized carbons (Fsp3) is 0.174. The Morgan fingerprint density at radius 2 is 1.54 bits per heavy atom. The van der Waals surface area contributed by atoms with Gasteiger partial charge in [0.05, 0.1) is 5.71 Å². The van der Waals surface area contributed by atoms with E-state index in [1.54, 1.807) is 0 Å². The van der Waals surface area contributed by atoms with Gasteiger partial charge in [-0.15, -0.1) is 0 Å². The van der Waals surface area contributed by atoms with Crippen molar-refractivity contribution in [3.05, 3.63) is 89.0 Å². The van der Waals surface area contributed by atoms with Gasteiger partial charge in [0, 0.05) is 11.3 Å². The highest BCUT2D eigenvalue weighted by molar-refractivity contribution is 6.04. The first-order chi connectivity index (χ1) is 12.5. The van der Waals surface area contributed by atoms with Crippen LogP contribution in [0.5, 0.6) is 0 Å². The molecule has 0 aliphatic heterocycles. The summed E-state index contributed by atoms with van der Waals surface area (Å²) in [5.74, 6) is 0. The Hall–Kier alpha value is -3.07. The topological polar surface area (TPSA) is 47.6 Å². The van der Waals surface area contributed by atoms with E-state index >= 15 is 0 Å². The monoisotopic (exact) mass is 344 g/mol. The maximum Gasteiger partial charge on any atom is 0.142 e. The van der Waals surface area contributed by atoms with Crippen LogP contribution in [0.3, 0.4) is 0 Å². The van der Waals surface area contributed by atoms with Gasteiger partial charge in [-0.1, -0.05) is 70.9 Å². The van der Waals surface area contributed by atoms with E-state index in [4.69, 9.17) is 10.6 Å². The molecule has 0 fully saturated rings. The van der Waals surface area contributed by atoms with Crippen LogP contribution in [-0.4, -0.2) is 5.71 Å². The lowest BCUT2D eigenvalue weighted by Crippen LogP contribution is -2.00. The Balaban J connectivity index is 1.83. The molecular formula is C23H24N2O. The van der Waals surface area contributed by atoms with E-state index in [9.17, 15) is 0 Å². The van der Waals surface area contributed by atoms with Crippen LogP contribution in [-0.2, 0) is 11.4 Å². The van der Waals surface area contributed by atoms with Crippen LogP contribution < -0.4 is 5.73 Å². The largest absolute Gasteiger partial charge is 0.399 e. The first-order valence-corrected chi connectivity index (χ1v) is 8.72. The maximum absolute atomic E-state index is 5.70. The molecule has 0 aliphatic carbocycles. The van der Waals surface area contributed by atoms with Crippen molar-refractivity contribution in [2.24, 2.45) is 5.16 Å². The van der Waals surface area contributed by atoms with Crippen LogP contribution in [0.1, 0.15) is 29.2 Å². The highest BCUT2D eigenvalue weighted by Crippen LogP contribution is 2.26. The summed E-state index contributed by atoms with van der Waals surface area (Å²) in [4.78, 5) is 5.56. The van der Waals surface area contributed by atoms with Crippen molar-refractivity contribution >= 4 is 11.4 Å². The lowest BCUT2D eigenvalue weighted by molar-refractivity contribution is 0.130. The molecule has 0 aromatic heterocycles. The molecule has 0 unspecified atom stereocenters. The quantitative estimate of drug-likeness (QED) is 0.378. The second kappa shape index (κ2) is 7.87. The van der Waals surface area contributed by atoms with Gasteiger partial charge in [0.1, 0.15) is 6.61 Å². The lowest BCUT2D eigenvalue weighted by Gasteiger charge is -2.11. The smallest absolute Gasteiger partial charge is 0.142 e. The third kappa shape index (κ3) is 4.31. The Morgan fingerprint density at radius 3 is 2.23 bits per heavy atom. The highest BCUT2D eigenvalue weighted by Gasteiger charge is 2.09. The predicted molar refractivity (Wildman–Crippen MR) is 109 cm³/mol. The first kappa shape index (κ1) is 17.7. The summed E-state index contributed by atoms with van der Waals surface area (Å²) in [5, 5.41) is 4.33. The number of aryl methyl sites for hydroxylation is 2. The van der Waals surface area contributed by atoms with Gasteiger partial charge in [-0.25, -0.2) is 0 Å². The van der Waals surface area contributed by atoms with Crippen LogP contribution in [0.25, 0.3) is 11.1 Å². The van der Waals surface area contributed by atoms with Gasteiger partial charge in [-0.05, 0) is 49.6 Å². The van der Waals surface area contributed by atoms with Crippen molar-refractivity contribution in [2.75, 3.05) is 5.73 Å². The molecule has 26 heavy (non-hydrogen) atoms. The Kier molecular flexibility index (Phi) is 5.37. The van der Waals surface area contributed by atoms with E-state index in [0.717, 1.165) is 22.5 Å². The lowest BCUT2D eigenvalue weighted by atomic mass is 9.95. The molecule has 0 amide bonds. The minimum atomic E-state index is 0.420. The fourth-order valence-corrected chi connectivity index (χ4v) is 2.81. The van der Waals surface area contributed by atoms with E-state index in [0.29, 0.717) is 6.61 Å². The zero-order chi connectivity index (χ0) is 18.5. The minimum absolute atomic E-state index is 0.420. The second-order valence-corrected chi connectivity index (χ2v) is 6.61. The van der Waals surface area contributed by atoms with E-state index in [-0.39, 0.29) is 0 Å². The van der Waals surface area contributed by atoms with Crippen LogP contribution in [0.2, 0.25) is 0 Å². The number of oxime groups is 1. The van der Waals surface area contributed by atoms with Gasteiger partial charge in [0.15, 0.2) is 0 Å². The van der Waals surface area contributed by atoms with E-state index in [2.05, 4.69) is 61.5 Å². The molecule has 0 radical (unpaired) electrons. The summed E-state index contributed by atoms with van der Waals surface area (Å²) in [6, 6.07) is 22.6. The summed E-state index contributed by atoms with van der Waals surface area (Å²) in [5.41, 5.74) is 14.3. The average molecular weight is 344 g/mol. The molecule has 3 nitrogen and oxygen atoms in total. The maximum atomic E-state index is 5.70. The number of nitrogen functional groups attached to an aromatic ring is 1. The van der Waals surface area contributed by atoms with Crippen molar-refractivity contribution in [3.63, 3.8) is 0 Å². The van der Waals surface area contributed by atoms with Crippen molar-refractivity contribution in [2.45, 2.75) is 27.4 Å². The molecule has 0 spiro atoms. The molecule has 0 aliphatic rings. The third-order valence-corrected chi connectivity index (χ3v) is 4.34. The van der Waals surface area contributed by atoms with Gasteiger partial charge in [-0.3, -0.25) is 0 Å². The van der Waals surface area contributed by atoms with Crippen molar-refractivity contribution < 1.29 is 4.84 Å². The molecule has 0 saturated heterocycles. The van der Waals surface area contributed by atoms with E-state index in [1.807, 2.05) is 31.2 Å². The first-order valence-electron chi connectivity index (χ1n) is 8.72. The molecule has 132 valence electrons. The molecule has 3 heteroatoms. The number of hydrogen-bond acceptors (Lipinski definition) is 3. The standard InChI is InChI=1S/C23H24N2O/c1-16-4-9-20(10-5-16)23-14-17(2)6-13-22(23)18(3)25-26-15-19-7-11-21(24)12-8-19/h4-14H,15,24H2,1-3H3/b25-18+. The van der Waals surface area contributed by atoms with Gasteiger partial charge in [0.2, 0.25) is 0 Å². The molecule has 3 aromatic carbocycles. The van der Waals surface area contributed by atoms with Crippen molar-refractivity contribution in [1.29, 1.82) is 0 Å². The van der Waals surface area contributed by atoms with Crippen LogP contribution in [0, 0.1) is 13.8 Å². The van der Waals surface area contributed by atoms with E-state index < -0.39 is 0 Å². The molecule has 3 aromatic rings. The van der Waals surface area contributed by atoms with Crippen LogP contribution in [0.4, 0.5) is 5.69 Å². The minimum Gasteiger partial charge on any atom is -0.399 e. The molecular weight excluding hydrogens is 320 g/mol. The summed E-state index contributed by atoms with van der Waals surface area (Å²) >= 11 is 0. The second-order valence-electron chi connectivity index (χ2n) is 6.61. The van der Waals surface area contributed by atoms with Gasteiger partial charge >= 0.3 is 0 Å². The zero-order valence-electron chi connectivity index (χ0n) is 15.5. The molecule has 0 heterocycles. The van der Waals surface area contributed by atoms with Gasteiger partial charge in [-0.2, -0.15) is 0 Å². The van der Waals surface area contributed by atoms with E-state index in [1.165, 1.54) is 22.3 Å². The van der Waals surface area contributed by atoms with Crippen LogP contribution in [0.15, 0.2) is 71.9 Å². The molecule has 0 atom stereocenters. The Bertz CT molecular complexity index is 910. The highest BCUT2D eigenvalue weighted by atomic mass is 16.6. The predicted octanol–water partition coefficient (Wildman–Crippen LogP) is 5.49. The van der Waals surface area contributed by atoms with Gasteiger partial charge in [0.25, 0.3) is 0 Å². The number of benzene rings is 3. The normalized spacial score (nSPS) is 11.4. The molecule has 0 saturated carbocycles. The zero-order valence-corrected chi connectivity index (χ0v) is 15.5. The molecule has 3 rings (SSSR count). The number of hydrogen-bond donors (Lipinski definition) is 1. The van der Waals surface area contributed by atoms with Crippen LogP contribution >= 0.6 is 0 Å². The molecule has 0 bridgehead atoms. The summed E-state index contributed by atoms with van der Waals surface area (Å²) in [6.45, 7) is 6.60.